The predicted molar refractivity (Wildman–Crippen MR) is 79.8 cm³/mol. The smallest absolute Gasteiger partial charge is 0.105 e. The number of nitrogens with zero attached hydrogens (tertiary/aromatic N) is 1. The van der Waals surface area contributed by atoms with Gasteiger partial charge in [-0.05, 0) is 39.8 Å². The van der Waals surface area contributed by atoms with Gasteiger partial charge in [-0.15, -0.1) is 11.3 Å². The average molecular weight is 278 g/mol. The quantitative estimate of drug-likeness (QED) is 0.869. The van der Waals surface area contributed by atoms with Crippen molar-refractivity contribution in [1.29, 1.82) is 0 Å². The van der Waals surface area contributed by atoms with E-state index >= 15 is 0 Å². The van der Waals surface area contributed by atoms with Crippen LogP contribution in [0.3, 0.4) is 0 Å². The Morgan fingerprint density at radius 3 is 2.68 bits per heavy atom. The van der Waals surface area contributed by atoms with Gasteiger partial charge in [0.2, 0.25) is 0 Å². The second-order valence-corrected chi connectivity index (χ2v) is 5.90. The molecule has 104 valence electrons. The molecule has 1 N–H and O–H groups in total. The molecule has 2 rings (SSSR count). The van der Waals surface area contributed by atoms with E-state index in [9.17, 15) is 0 Å². The summed E-state index contributed by atoms with van der Waals surface area (Å²) in [5.41, 5.74) is 2.37. The first-order chi connectivity index (χ1) is 9.10. The van der Waals surface area contributed by atoms with Gasteiger partial charge in [0.15, 0.2) is 0 Å². The standard InChI is InChI=1S/C15H22N2OS/c1-5-6-16-14(8-15-17-10(2)9-19-15)13-7-11(3)18-12(13)4/h7,9,14,16H,5-6,8H2,1-4H3. The second-order valence-electron chi connectivity index (χ2n) is 4.96. The molecule has 0 bridgehead atoms. The van der Waals surface area contributed by atoms with Gasteiger partial charge in [-0.25, -0.2) is 4.98 Å². The van der Waals surface area contributed by atoms with Crippen molar-refractivity contribution in [3.63, 3.8) is 0 Å². The van der Waals surface area contributed by atoms with Gasteiger partial charge >= 0.3 is 0 Å². The Bertz CT molecular complexity index is 530. The fourth-order valence-corrected chi connectivity index (χ4v) is 3.10. The third-order valence-corrected chi connectivity index (χ3v) is 4.13. The highest BCUT2D eigenvalue weighted by molar-refractivity contribution is 7.09. The fourth-order valence-electron chi connectivity index (χ4n) is 2.28. The lowest BCUT2D eigenvalue weighted by Gasteiger charge is -2.16. The third-order valence-electron chi connectivity index (χ3n) is 3.14. The van der Waals surface area contributed by atoms with Crippen molar-refractivity contribution in [3.05, 3.63) is 39.2 Å². The Kier molecular flexibility index (Phi) is 4.77. The molecule has 1 unspecified atom stereocenters. The van der Waals surface area contributed by atoms with E-state index in [1.807, 2.05) is 20.8 Å². The molecule has 0 aliphatic carbocycles. The van der Waals surface area contributed by atoms with Crippen LogP contribution in [0.5, 0.6) is 0 Å². The van der Waals surface area contributed by atoms with E-state index in [0.717, 1.165) is 36.6 Å². The van der Waals surface area contributed by atoms with Gasteiger partial charge in [-0.2, -0.15) is 0 Å². The molecule has 2 aromatic rings. The van der Waals surface area contributed by atoms with E-state index in [2.05, 4.69) is 28.7 Å². The lowest BCUT2D eigenvalue weighted by Crippen LogP contribution is -2.24. The molecule has 0 aliphatic rings. The maximum Gasteiger partial charge on any atom is 0.105 e. The number of rotatable bonds is 6. The first-order valence-corrected chi connectivity index (χ1v) is 7.69. The Hall–Kier alpha value is -1.13. The number of thiazole rings is 1. The summed E-state index contributed by atoms with van der Waals surface area (Å²) < 4.78 is 5.66. The maximum absolute atomic E-state index is 5.66. The lowest BCUT2D eigenvalue weighted by molar-refractivity contribution is 0.480. The molecule has 2 aromatic heterocycles. The molecule has 0 spiro atoms. The maximum atomic E-state index is 5.66. The van der Waals surface area contributed by atoms with Crippen molar-refractivity contribution in [2.24, 2.45) is 0 Å². The van der Waals surface area contributed by atoms with Crippen LogP contribution in [-0.4, -0.2) is 11.5 Å². The molecule has 0 radical (unpaired) electrons. The van der Waals surface area contributed by atoms with E-state index in [1.165, 1.54) is 10.6 Å². The highest BCUT2D eigenvalue weighted by Gasteiger charge is 2.18. The van der Waals surface area contributed by atoms with Crippen molar-refractivity contribution in [2.45, 2.75) is 46.6 Å². The van der Waals surface area contributed by atoms with Crippen LogP contribution < -0.4 is 5.32 Å². The molecule has 4 heteroatoms. The molecule has 0 aromatic carbocycles. The summed E-state index contributed by atoms with van der Waals surface area (Å²) in [5.74, 6) is 1.99. The normalized spacial score (nSPS) is 12.8. The van der Waals surface area contributed by atoms with Crippen molar-refractivity contribution < 1.29 is 4.42 Å². The topological polar surface area (TPSA) is 38.1 Å². The molecule has 19 heavy (non-hydrogen) atoms. The number of nitrogens with one attached hydrogen (secondary N) is 1. The minimum absolute atomic E-state index is 0.294. The van der Waals surface area contributed by atoms with E-state index in [0.29, 0.717) is 6.04 Å². The number of hydrogen-bond acceptors (Lipinski definition) is 4. The second kappa shape index (κ2) is 6.35. The van der Waals surface area contributed by atoms with Gasteiger partial charge in [0.1, 0.15) is 11.5 Å². The third kappa shape index (κ3) is 3.67. The summed E-state index contributed by atoms with van der Waals surface area (Å²) in [6.07, 6.45) is 2.06. The van der Waals surface area contributed by atoms with Crippen LogP contribution in [-0.2, 0) is 6.42 Å². The molecule has 0 aliphatic heterocycles. The average Bonchev–Trinajstić information content (AvgIpc) is 2.91. The molecular formula is C15H22N2OS. The molecular weight excluding hydrogens is 256 g/mol. The van der Waals surface area contributed by atoms with Crippen LogP contribution in [0.1, 0.15) is 47.2 Å². The molecule has 3 nitrogen and oxygen atoms in total. The van der Waals surface area contributed by atoms with Crippen molar-refractivity contribution in [2.75, 3.05) is 6.54 Å². The van der Waals surface area contributed by atoms with Crippen LogP contribution in [0.4, 0.5) is 0 Å². The highest BCUT2D eigenvalue weighted by atomic mass is 32.1. The van der Waals surface area contributed by atoms with Gasteiger partial charge < -0.3 is 9.73 Å². The zero-order chi connectivity index (χ0) is 13.8. The van der Waals surface area contributed by atoms with E-state index in [-0.39, 0.29) is 0 Å². The van der Waals surface area contributed by atoms with Gasteiger partial charge in [-0.3, -0.25) is 0 Å². The van der Waals surface area contributed by atoms with Gasteiger partial charge in [0.25, 0.3) is 0 Å². The van der Waals surface area contributed by atoms with Crippen molar-refractivity contribution in [1.82, 2.24) is 10.3 Å². The summed E-state index contributed by atoms with van der Waals surface area (Å²) in [4.78, 5) is 4.57. The minimum Gasteiger partial charge on any atom is -0.466 e. The molecule has 0 amide bonds. The first kappa shape index (κ1) is 14.3. The van der Waals surface area contributed by atoms with Crippen molar-refractivity contribution in [3.8, 4) is 0 Å². The fraction of sp³-hybridized carbons (Fsp3) is 0.533. The lowest BCUT2D eigenvalue weighted by atomic mass is 10.0. The molecule has 0 saturated carbocycles. The van der Waals surface area contributed by atoms with Gasteiger partial charge in [0.05, 0.1) is 5.01 Å². The zero-order valence-electron chi connectivity index (χ0n) is 12.1. The van der Waals surface area contributed by atoms with Crippen molar-refractivity contribution >= 4 is 11.3 Å². The van der Waals surface area contributed by atoms with Crippen LogP contribution >= 0.6 is 11.3 Å². The Morgan fingerprint density at radius 1 is 1.37 bits per heavy atom. The number of hydrogen-bond donors (Lipinski definition) is 1. The van der Waals surface area contributed by atoms with Crippen LogP contribution in [0.15, 0.2) is 15.9 Å². The Labute approximate surface area is 119 Å². The zero-order valence-corrected chi connectivity index (χ0v) is 12.9. The summed E-state index contributed by atoms with van der Waals surface area (Å²) in [7, 11) is 0. The SMILES string of the molecule is CCCNC(Cc1nc(C)cs1)c1cc(C)oc1C. The van der Waals surface area contributed by atoms with Crippen LogP contribution in [0.2, 0.25) is 0 Å². The summed E-state index contributed by atoms with van der Waals surface area (Å²) in [5, 5.41) is 6.90. The Balaban J connectivity index is 2.18. The molecule has 0 fully saturated rings. The van der Waals surface area contributed by atoms with Crippen LogP contribution in [0, 0.1) is 20.8 Å². The summed E-state index contributed by atoms with van der Waals surface area (Å²) >= 11 is 1.74. The molecule has 0 saturated heterocycles. The van der Waals surface area contributed by atoms with Crippen LogP contribution in [0.25, 0.3) is 0 Å². The predicted octanol–water partition coefficient (Wildman–Crippen LogP) is 3.94. The number of aromatic nitrogens is 1. The molecule has 1 atom stereocenters. The Morgan fingerprint density at radius 2 is 2.16 bits per heavy atom. The monoisotopic (exact) mass is 278 g/mol. The summed E-state index contributed by atoms with van der Waals surface area (Å²) in [6, 6.07) is 2.44. The number of furan rings is 1. The first-order valence-electron chi connectivity index (χ1n) is 6.81. The largest absolute Gasteiger partial charge is 0.466 e. The van der Waals surface area contributed by atoms with Gasteiger partial charge in [-0.1, -0.05) is 6.92 Å². The minimum atomic E-state index is 0.294. The van der Waals surface area contributed by atoms with Gasteiger partial charge in [0, 0.05) is 29.1 Å². The van der Waals surface area contributed by atoms with E-state index in [4.69, 9.17) is 4.42 Å². The number of aryl methyl sites for hydroxylation is 3. The molecule has 2 heterocycles. The highest BCUT2D eigenvalue weighted by Crippen LogP contribution is 2.26. The summed E-state index contributed by atoms with van der Waals surface area (Å²) in [6.45, 7) is 9.28. The van der Waals surface area contributed by atoms with E-state index in [1.54, 1.807) is 11.3 Å². The van der Waals surface area contributed by atoms with E-state index < -0.39 is 0 Å².